The van der Waals surface area contributed by atoms with E-state index in [9.17, 15) is 14.4 Å². The zero-order valence-electron chi connectivity index (χ0n) is 17.5. The van der Waals surface area contributed by atoms with Gasteiger partial charge in [0, 0.05) is 17.8 Å². The Labute approximate surface area is 185 Å². The molecule has 1 heterocycles. The summed E-state index contributed by atoms with van der Waals surface area (Å²) in [5.41, 5.74) is 3.77. The smallest absolute Gasteiger partial charge is 0.238 e. The summed E-state index contributed by atoms with van der Waals surface area (Å²) in [5, 5.41) is 0. The van der Waals surface area contributed by atoms with Gasteiger partial charge in [-0.25, -0.2) is 4.90 Å². The van der Waals surface area contributed by atoms with E-state index >= 15 is 0 Å². The van der Waals surface area contributed by atoms with Gasteiger partial charge < -0.3 is 9.53 Å². The van der Waals surface area contributed by atoms with Gasteiger partial charge in [0.1, 0.15) is 12.0 Å². The minimum Gasteiger partial charge on any atom is -0.497 e. The van der Waals surface area contributed by atoms with Crippen molar-refractivity contribution in [2.24, 2.45) is 11.8 Å². The maximum Gasteiger partial charge on any atom is 0.238 e. The topological polar surface area (TPSA) is 63.7 Å². The molecule has 3 aliphatic carbocycles. The molecule has 0 spiro atoms. The van der Waals surface area contributed by atoms with Gasteiger partial charge >= 0.3 is 0 Å². The molecule has 5 nitrogen and oxygen atoms in total. The highest BCUT2D eigenvalue weighted by molar-refractivity contribution is 6.23. The summed E-state index contributed by atoms with van der Waals surface area (Å²) in [6.07, 6.45) is 1.05. The molecule has 7 rings (SSSR count). The van der Waals surface area contributed by atoms with E-state index in [1.165, 1.54) is 4.90 Å². The molecule has 4 aliphatic rings. The lowest BCUT2D eigenvalue weighted by molar-refractivity contribution is -0.124. The molecule has 3 aromatic carbocycles. The number of nitrogens with zero attached hydrogens (tertiary/aromatic N) is 1. The third kappa shape index (κ3) is 2.15. The molecular formula is C27H21NO4. The molecule has 32 heavy (non-hydrogen) atoms. The highest BCUT2D eigenvalue weighted by Crippen LogP contribution is 2.65. The third-order valence-electron chi connectivity index (χ3n) is 7.53. The van der Waals surface area contributed by atoms with E-state index in [4.69, 9.17) is 4.74 Å². The first-order valence-corrected chi connectivity index (χ1v) is 10.8. The number of amides is 2. The quantitative estimate of drug-likeness (QED) is 0.473. The Morgan fingerprint density at radius 2 is 1.47 bits per heavy atom. The van der Waals surface area contributed by atoms with Gasteiger partial charge in [-0.3, -0.25) is 9.59 Å². The fourth-order valence-electron chi connectivity index (χ4n) is 6.39. The maximum atomic E-state index is 14.0. The van der Waals surface area contributed by atoms with Crippen molar-refractivity contribution in [1.29, 1.82) is 0 Å². The molecule has 1 aliphatic heterocycles. The van der Waals surface area contributed by atoms with Crippen LogP contribution in [0.25, 0.3) is 0 Å². The van der Waals surface area contributed by atoms with Crippen LogP contribution in [0.4, 0.5) is 5.69 Å². The van der Waals surface area contributed by atoms with E-state index in [0.717, 1.165) is 28.5 Å². The lowest BCUT2D eigenvalue weighted by Crippen LogP contribution is -2.53. The predicted octanol–water partition coefficient (Wildman–Crippen LogP) is 3.84. The average Bonchev–Trinajstić information content (AvgIpc) is 3.11. The number of carbonyl (C=O) groups is 3. The summed E-state index contributed by atoms with van der Waals surface area (Å²) >= 11 is 0. The molecule has 158 valence electrons. The Morgan fingerprint density at radius 3 is 2.03 bits per heavy atom. The number of ether oxygens (including phenoxy) is 1. The number of methoxy groups -OCH3 is 1. The first kappa shape index (κ1) is 19.0. The van der Waals surface area contributed by atoms with Crippen LogP contribution in [0.3, 0.4) is 0 Å². The van der Waals surface area contributed by atoms with E-state index in [0.29, 0.717) is 11.4 Å². The van der Waals surface area contributed by atoms with Crippen LogP contribution >= 0.6 is 0 Å². The second-order valence-electron chi connectivity index (χ2n) is 8.71. The maximum absolute atomic E-state index is 14.0. The minimum atomic E-state index is -0.845. The molecule has 0 radical (unpaired) electrons. The molecule has 2 bridgehead atoms. The largest absolute Gasteiger partial charge is 0.497 e. The number of imide groups is 1. The van der Waals surface area contributed by atoms with E-state index in [1.807, 2.05) is 48.5 Å². The van der Waals surface area contributed by atoms with Gasteiger partial charge in [-0.1, -0.05) is 48.5 Å². The van der Waals surface area contributed by atoms with Crippen molar-refractivity contribution in [3.8, 4) is 5.75 Å². The molecule has 0 aromatic heterocycles. The Hall–Kier alpha value is -3.73. The van der Waals surface area contributed by atoms with Gasteiger partial charge in [-0.2, -0.15) is 0 Å². The molecule has 3 aromatic rings. The molecule has 1 fully saturated rings. The summed E-state index contributed by atoms with van der Waals surface area (Å²) in [6, 6.07) is 22.9. The summed E-state index contributed by atoms with van der Waals surface area (Å²) in [5.74, 6) is -1.13. The van der Waals surface area contributed by atoms with E-state index in [-0.39, 0.29) is 24.2 Å². The van der Waals surface area contributed by atoms with Crippen molar-refractivity contribution in [3.05, 3.63) is 95.1 Å². The monoisotopic (exact) mass is 423 g/mol. The zero-order chi connectivity index (χ0) is 22.0. The van der Waals surface area contributed by atoms with Crippen molar-refractivity contribution in [2.75, 3.05) is 12.0 Å². The molecule has 2 atom stereocenters. The van der Waals surface area contributed by atoms with Gasteiger partial charge in [-0.15, -0.1) is 0 Å². The van der Waals surface area contributed by atoms with Crippen molar-refractivity contribution in [3.63, 3.8) is 0 Å². The van der Waals surface area contributed by atoms with E-state index in [2.05, 4.69) is 0 Å². The Bertz CT molecular complexity index is 1230. The SMILES string of the molecule is COc1ccc(N2C(=O)C3C4c5ccccc5C(CC=O)(c5ccccc54)C3C2=O)cc1. The van der Waals surface area contributed by atoms with Crippen molar-refractivity contribution < 1.29 is 19.1 Å². The van der Waals surface area contributed by atoms with E-state index in [1.54, 1.807) is 31.4 Å². The standard InChI is InChI=1S/C27H21NO4/c1-32-17-12-10-16(11-13-17)28-25(30)23-22-18-6-2-4-8-20(18)27(14-15-29,24(23)26(28)31)21-9-5-3-7-19(21)22/h2-13,15,22-24H,14H2,1H3. The molecule has 0 saturated carbocycles. The van der Waals surface area contributed by atoms with Crippen LogP contribution in [0.15, 0.2) is 72.8 Å². The summed E-state index contributed by atoms with van der Waals surface area (Å²) in [6.45, 7) is 0. The van der Waals surface area contributed by atoms with Crippen LogP contribution in [0.1, 0.15) is 34.6 Å². The van der Waals surface area contributed by atoms with Crippen LogP contribution in [-0.2, 0) is 19.8 Å². The Kier molecular flexibility index (Phi) is 3.94. The summed E-state index contributed by atoms with van der Waals surface area (Å²) < 4.78 is 5.23. The first-order chi connectivity index (χ1) is 15.6. The molecule has 2 unspecified atom stereocenters. The highest BCUT2D eigenvalue weighted by atomic mass is 16.5. The van der Waals surface area contributed by atoms with Crippen LogP contribution in [0, 0.1) is 11.8 Å². The molecular weight excluding hydrogens is 402 g/mol. The number of rotatable bonds is 4. The number of benzene rings is 3. The average molecular weight is 423 g/mol. The van der Waals surface area contributed by atoms with Gasteiger partial charge in [-0.05, 0) is 46.5 Å². The third-order valence-corrected chi connectivity index (χ3v) is 7.53. The lowest BCUT2D eigenvalue weighted by Gasteiger charge is -2.53. The van der Waals surface area contributed by atoms with Crippen LogP contribution in [0.5, 0.6) is 5.75 Å². The second kappa shape index (κ2) is 6.63. The number of anilines is 1. The van der Waals surface area contributed by atoms with Crippen LogP contribution in [-0.4, -0.2) is 25.2 Å². The van der Waals surface area contributed by atoms with Gasteiger partial charge in [0.15, 0.2) is 0 Å². The highest BCUT2D eigenvalue weighted by Gasteiger charge is 2.67. The number of hydrogen-bond donors (Lipinski definition) is 0. The fraction of sp³-hybridized carbons (Fsp3) is 0.222. The summed E-state index contributed by atoms with van der Waals surface area (Å²) in [4.78, 5) is 41.2. The number of carbonyl (C=O) groups excluding carboxylic acids is 3. The van der Waals surface area contributed by atoms with Gasteiger partial charge in [0.2, 0.25) is 11.8 Å². The first-order valence-electron chi connectivity index (χ1n) is 10.8. The molecule has 2 amide bonds. The molecule has 5 heteroatoms. The molecule has 0 N–H and O–H groups in total. The van der Waals surface area contributed by atoms with Gasteiger partial charge in [0.25, 0.3) is 0 Å². The Morgan fingerprint density at radius 1 is 0.875 bits per heavy atom. The van der Waals surface area contributed by atoms with Crippen molar-refractivity contribution in [1.82, 2.24) is 0 Å². The minimum absolute atomic E-state index is 0.157. The van der Waals surface area contributed by atoms with Crippen molar-refractivity contribution >= 4 is 23.8 Å². The van der Waals surface area contributed by atoms with E-state index < -0.39 is 17.3 Å². The Balaban J connectivity index is 1.61. The normalized spacial score (nSPS) is 27.0. The lowest BCUT2D eigenvalue weighted by atomic mass is 9.46. The number of aldehydes is 1. The molecule has 1 saturated heterocycles. The fourth-order valence-corrected chi connectivity index (χ4v) is 6.39. The number of hydrogen-bond acceptors (Lipinski definition) is 4. The zero-order valence-corrected chi connectivity index (χ0v) is 17.5. The van der Waals surface area contributed by atoms with Gasteiger partial charge in [0.05, 0.1) is 24.6 Å². The van der Waals surface area contributed by atoms with Crippen LogP contribution in [0.2, 0.25) is 0 Å². The predicted molar refractivity (Wildman–Crippen MR) is 119 cm³/mol. The van der Waals surface area contributed by atoms with Crippen LogP contribution < -0.4 is 9.64 Å². The second-order valence-corrected chi connectivity index (χ2v) is 8.71. The summed E-state index contributed by atoms with van der Waals surface area (Å²) in [7, 11) is 1.57. The van der Waals surface area contributed by atoms with Crippen molar-refractivity contribution in [2.45, 2.75) is 17.8 Å².